The molecule has 0 radical (unpaired) electrons. The molecule has 0 aliphatic carbocycles. The molecule has 20 heavy (non-hydrogen) atoms. The van der Waals surface area contributed by atoms with E-state index < -0.39 is 5.97 Å². The van der Waals surface area contributed by atoms with Crippen molar-refractivity contribution in [1.82, 2.24) is 9.88 Å². The number of urea groups is 1. The first-order chi connectivity index (χ1) is 9.47. The Morgan fingerprint density at radius 1 is 1.40 bits per heavy atom. The average molecular weight is 279 g/mol. The molecule has 2 atom stereocenters. The smallest absolute Gasteiger partial charge is 0.356 e. The van der Waals surface area contributed by atoms with Gasteiger partial charge in [0.25, 0.3) is 0 Å². The Morgan fingerprint density at radius 2 is 2.05 bits per heavy atom. The first-order valence-electron chi connectivity index (χ1n) is 6.37. The number of anilines is 1. The second kappa shape index (κ2) is 5.87. The van der Waals surface area contributed by atoms with Gasteiger partial charge >= 0.3 is 12.0 Å². The lowest BCUT2D eigenvalue weighted by molar-refractivity contribution is -0.0530. The van der Waals surface area contributed by atoms with Crippen molar-refractivity contribution in [2.75, 3.05) is 18.4 Å². The largest absolute Gasteiger partial charge is 0.476 e. The maximum atomic E-state index is 12.2. The van der Waals surface area contributed by atoms with E-state index in [1.54, 1.807) is 11.0 Å². The third-order valence-corrected chi connectivity index (χ3v) is 2.96. The van der Waals surface area contributed by atoms with Crippen LogP contribution in [0.4, 0.5) is 10.5 Å². The van der Waals surface area contributed by atoms with Gasteiger partial charge in [-0.05, 0) is 26.0 Å². The van der Waals surface area contributed by atoms with Gasteiger partial charge in [0, 0.05) is 19.3 Å². The highest BCUT2D eigenvalue weighted by atomic mass is 16.5. The van der Waals surface area contributed by atoms with Crippen LogP contribution in [0.1, 0.15) is 24.3 Å². The molecule has 7 heteroatoms. The Labute approximate surface area is 116 Å². The summed E-state index contributed by atoms with van der Waals surface area (Å²) in [4.78, 5) is 28.6. The third kappa shape index (κ3) is 3.24. The van der Waals surface area contributed by atoms with Crippen LogP contribution in [-0.2, 0) is 4.74 Å². The minimum atomic E-state index is -1.18. The van der Waals surface area contributed by atoms with Crippen LogP contribution < -0.4 is 5.32 Å². The van der Waals surface area contributed by atoms with Crippen molar-refractivity contribution in [3.05, 3.63) is 24.0 Å². The van der Waals surface area contributed by atoms with E-state index in [-0.39, 0.29) is 29.6 Å². The number of rotatable bonds is 2. The summed E-state index contributed by atoms with van der Waals surface area (Å²) in [5, 5.41) is 11.6. The molecule has 1 fully saturated rings. The fourth-order valence-electron chi connectivity index (χ4n) is 2.21. The highest BCUT2D eigenvalue weighted by molar-refractivity contribution is 5.98. The second-order valence-corrected chi connectivity index (χ2v) is 4.80. The van der Waals surface area contributed by atoms with Crippen LogP contribution >= 0.6 is 0 Å². The van der Waals surface area contributed by atoms with Crippen molar-refractivity contribution in [3.8, 4) is 0 Å². The lowest BCUT2D eigenvalue weighted by atomic mass is 10.2. The lowest BCUT2D eigenvalue weighted by Gasteiger charge is -2.35. The van der Waals surface area contributed by atoms with Gasteiger partial charge in [0.15, 0.2) is 5.69 Å². The van der Waals surface area contributed by atoms with Crippen LogP contribution in [-0.4, -0.2) is 52.3 Å². The summed E-state index contributed by atoms with van der Waals surface area (Å²) in [6, 6.07) is 2.75. The van der Waals surface area contributed by atoms with Gasteiger partial charge in [-0.2, -0.15) is 0 Å². The molecule has 7 nitrogen and oxygen atoms in total. The van der Waals surface area contributed by atoms with Gasteiger partial charge in [-0.1, -0.05) is 0 Å². The summed E-state index contributed by atoms with van der Waals surface area (Å²) >= 11 is 0. The summed E-state index contributed by atoms with van der Waals surface area (Å²) in [6.07, 6.45) is 1.28. The van der Waals surface area contributed by atoms with Gasteiger partial charge in [0.1, 0.15) is 0 Å². The van der Waals surface area contributed by atoms with Gasteiger partial charge in [-0.3, -0.25) is 0 Å². The van der Waals surface area contributed by atoms with E-state index in [9.17, 15) is 9.59 Å². The average Bonchev–Trinajstić information content (AvgIpc) is 2.37. The van der Waals surface area contributed by atoms with Crippen molar-refractivity contribution in [1.29, 1.82) is 0 Å². The van der Waals surface area contributed by atoms with Crippen LogP contribution in [0.15, 0.2) is 18.3 Å². The molecule has 1 saturated heterocycles. The maximum Gasteiger partial charge on any atom is 0.356 e. The molecular weight excluding hydrogens is 262 g/mol. The van der Waals surface area contributed by atoms with E-state index >= 15 is 0 Å². The summed E-state index contributed by atoms with van der Waals surface area (Å²) in [7, 11) is 0. The van der Waals surface area contributed by atoms with Gasteiger partial charge < -0.3 is 20.1 Å². The molecule has 2 heterocycles. The summed E-state index contributed by atoms with van der Waals surface area (Å²) < 4.78 is 5.55. The highest BCUT2D eigenvalue weighted by Gasteiger charge is 2.26. The minimum Gasteiger partial charge on any atom is -0.476 e. The van der Waals surface area contributed by atoms with Crippen molar-refractivity contribution >= 4 is 17.7 Å². The molecule has 0 unspecified atom stereocenters. The van der Waals surface area contributed by atoms with E-state index in [0.717, 1.165) is 0 Å². The van der Waals surface area contributed by atoms with Gasteiger partial charge in [-0.15, -0.1) is 0 Å². The molecule has 2 amide bonds. The predicted molar refractivity (Wildman–Crippen MR) is 71.8 cm³/mol. The van der Waals surface area contributed by atoms with E-state index in [1.165, 1.54) is 12.3 Å². The summed E-state index contributed by atoms with van der Waals surface area (Å²) in [5.74, 6) is -1.18. The molecule has 0 saturated carbocycles. The van der Waals surface area contributed by atoms with E-state index in [1.807, 2.05) is 13.8 Å². The molecule has 2 N–H and O–H groups in total. The number of pyridine rings is 1. The summed E-state index contributed by atoms with van der Waals surface area (Å²) in [6.45, 7) is 4.73. The van der Waals surface area contributed by atoms with Crippen molar-refractivity contribution in [2.24, 2.45) is 0 Å². The number of aromatic nitrogens is 1. The maximum absolute atomic E-state index is 12.2. The molecule has 1 aliphatic heterocycles. The Balaban J connectivity index is 2.10. The van der Waals surface area contributed by atoms with E-state index in [2.05, 4.69) is 10.3 Å². The fraction of sp³-hybridized carbons (Fsp3) is 0.462. The van der Waals surface area contributed by atoms with Crippen LogP contribution in [0.3, 0.4) is 0 Å². The zero-order valence-corrected chi connectivity index (χ0v) is 11.4. The molecule has 1 aromatic rings. The molecule has 0 spiro atoms. The first kappa shape index (κ1) is 14.3. The number of carbonyl (C=O) groups excluding carboxylic acids is 1. The summed E-state index contributed by atoms with van der Waals surface area (Å²) in [5.41, 5.74) is 0.0204. The number of carboxylic acids is 1. The number of aromatic carboxylic acids is 1. The number of nitrogens with zero attached hydrogens (tertiary/aromatic N) is 2. The van der Waals surface area contributed by atoms with Crippen LogP contribution in [0.25, 0.3) is 0 Å². The van der Waals surface area contributed by atoms with E-state index in [4.69, 9.17) is 9.84 Å². The molecule has 108 valence electrons. The van der Waals surface area contributed by atoms with Gasteiger partial charge in [-0.25, -0.2) is 14.6 Å². The van der Waals surface area contributed by atoms with Crippen LogP contribution in [0.2, 0.25) is 0 Å². The number of amides is 2. The quantitative estimate of drug-likeness (QED) is 0.854. The van der Waals surface area contributed by atoms with Crippen molar-refractivity contribution in [2.45, 2.75) is 26.1 Å². The zero-order valence-electron chi connectivity index (χ0n) is 11.4. The fourth-order valence-corrected chi connectivity index (χ4v) is 2.21. The predicted octanol–water partition coefficient (Wildman–Crippen LogP) is 1.42. The Hall–Kier alpha value is -2.15. The molecule has 0 bridgehead atoms. The number of hydrogen-bond acceptors (Lipinski definition) is 4. The first-order valence-corrected chi connectivity index (χ1v) is 6.37. The number of carbonyl (C=O) groups is 2. The molecule has 2 rings (SSSR count). The Bertz CT molecular complexity index is 510. The third-order valence-electron chi connectivity index (χ3n) is 2.96. The topological polar surface area (TPSA) is 91.8 Å². The van der Waals surface area contributed by atoms with E-state index in [0.29, 0.717) is 13.1 Å². The monoisotopic (exact) mass is 279 g/mol. The van der Waals surface area contributed by atoms with Crippen LogP contribution in [0.5, 0.6) is 0 Å². The SMILES string of the molecule is C[C@@H]1CN(C(=O)Nc2cccnc2C(=O)O)C[C@H](C)O1. The number of nitrogens with one attached hydrogen (secondary N) is 1. The Kier molecular flexibility index (Phi) is 4.19. The molecular formula is C13H17N3O4. The van der Waals surface area contributed by atoms with Gasteiger partial charge in [0.05, 0.1) is 17.9 Å². The van der Waals surface area contributed by atoms with Crippen LogP contribution in [0, 0.1) is 0 Å². The zero-order chi connectivity index (χ0) is 14.7. The number of ether oxygens (including phenoxy) is 1. The Morgan fingerprint density at radius 3 is 2.65 bits per heavy atom. The minimum absolute atomic E-state index is 0.0441. The highest BCUT2D eigenvalue weighted by Crippen LogP contribution is 2.15. The van der Waals surface area contributed by atoms with Crippen molar-refractivity contribution < 1.29 is 19.4 Å². The van der Waals surface area contributed by atoms with Crippen molar-refractivity contribution in [3.63, 3.8) is 0 Å². The number of morpholine rings is 1. The number of carboxylic acid groups (broad SMARTS) is 1. The lowest BCUT2D eigenvalue weighted by Crippen LogP contribution is -2.49. The number of hydrogen-bond donors (Lipinski definition) is 2. The molecule has 1 aliphatic rings. The standard InChI is InChI=1S/C13H17N3O4/c1-8-6-16(7-9(2)20-8)13(19)15-10-4-3-5-14-11(10)12(17)18/h3-5,8-9H,6-7H2,1-2H3,(H,15,19)(H,17,18)/t8-,9+. The van der Waals surface area contributed by atoms with Gasteiger partial charge in [0.2, 0.25) is 0 Å². The molecule has 0 aromatic carbocycles. The second-order valence-electron chi connectivity index (χ2n) is 4.80. The normalized spacial score (nSPS) is 22.4. The molecule has 1 aromatic heterocycles.